The number of piperazine rings is 1. The number of likely N-dealkylation sites (tertiary alicyclic amines) is 1. The monoisotopic (exact) mass is 684 g/mol. The van der Waals surface area contributed by atoms with Crippen molar-refractivity contribution in [2.45, 2.75) is 52.4 Å². The molecule has 0 spiro atoms. The van der Waals surface area contributed by atoms with Gasteiger partial charge in [0.25, 0.3) is 5.56 Å². The third-order valence-corrected chi connectivity index (χ3v) is 9.71. The van der Waals surface area contributed by atoms with E-state index in [1.165, 1.54) is 22.8 Å². The number of alkyl halides is 3. The quantitative estimate of drug-likeness (QED) is 0.184. The molecule has 5 heterocycles. The molecule has 10 nitrogen and oxygen atoms in total. The summed E-state index contributed by atoms with van der Waals surface area (Å²) in [5.41, 5.74) is 4.21. The summed E-state index contributed by atoms with van der Waals surface area (Å²) in [5, 5.41) is 7.08. The standard InChI is InChI=1S/C37H39F3N8O2/c1-22-17-27(10-11-31(22)46-15-12-41-13-16-46)43-36-42-20-26-19-28(33-23(2)18-30(44-33)32-9-6-14-47(32)24(3)49)35(50)48(34(26)45-36)21-25-7-4-5-8-29(25)37(38,39)40/h4-5,7-8,10-11,17-20,32,41,44H,6,9,12-16,21H2,1-3H3,(H,42,43,45). The van der Waals surface area contributed by atoms with Crippen LogP contribution in [0.4, 0.5) is 30.5 Å². The molecule has 1 atom stereocenters. The van der Waals surface area contributed by atoms with Crippen LogP contribution in [0.3, 0.4) is 0 Å². The van der Waals surface area contributed by atoms with Crippen molar-refractivity contribution in [1.82, 2.24) is 29.7 Å². The van der Waals surface area contributed by atoms with Gasteiger partial charge in [0.2, 0.25) is 11.9 Å². The topological polar surface area (TPSA) is 111 Å². The molecule has 260 valence electrons. The first-order chi connectivity index (χ1) is 24.0. The molecular formula is C37H39F3N8O2. The maximum absolute atomic E-state index is 14.4. The number of rotatable bonds is 7. The minimum Gasteiger partial charge on any atom is -0.369 e. The Morgan fingerprint density at radius 2 is 1.80 bits per heavy atom. The molecule has 5 aromatic rings. The summed E-state index contributed by atoms with van der Waals surface area (Å²) in [4.78, 5) is 43.5. The van der Waals surface area contributed by atoms with Crippen molar-refractivity contribution in [3.05, 3.63) is 99.1 Å². The molecule has 7 rings (SSSR count). The summed E-state index contributed by atoms with van der Waals surface area (Å²) in [6.07, 6.45) is -1.38. The maximum atomic E-state index is 14.4. The average molecular weight is 685 g/mol. The molecule has 0 aliphatic carbocycles. The molecule has 3 N–H and O–H groups in total. The van der Waals surface area contributed by atoms with E-state index < -0.39 is 17.3 Å². The highest BCUT2D eigenvalue weighted by atomic mass is 19.4. The number of halogens is 3. The Hall–Kier alpha value is -5.17. The molecule has 0 radical (unpaired) electrons. The van der Waals surface area contributed by atoms with E-state index >= 15 is 0 Å². The number of pyridine rings is 1. The largest absolute Gasteiger partial charge is 0.416 e. The zero-order valence-electron chi connectivity index (χ0n) is 28.2. The second kappa shape index (κ2) is 13.3. The summed E-state index contributed by atoms with van der Waals surface area (Å²) in [7, 11) is 0. The van der Waals surface area contributed by atoms with Gasteiger partial charge in [0, 0.05) is 68.3 Å². The fourth-order valence-electron chi connectivity index (χ4n) is 7.28. The fraction of sp³-hybridized carbons (Fsp3) is 0.351. The number of carbonyl (C=O) groups is 1. The van der Waals surface area contributed by atoms with Gasteiger partial charge >= 0.3 is 6.18 Å². The lowest BCUT2D eigenvalue weighted by atomic mass is 10.1. The van der Waals surface area contributed by atoms with Crippen molar-refractivity contribution in [3.63, 3.8) is 0 Å². The summed E-state index contributed by atoms with van der Waals surface area (Å²) < 4.78 is 43.7. The first-order valence-corrected chi connectivity index (χ1v) is 16.8. The van der Waals surface area contributed by atoms with Crippen LogP contribution in [0.15, 0.2) is 65.6 Å². The van der Waals surface area contributed by atoms with Gasteiger partial charge < -0.3 is 25.4 Å². The molecule has 50 heavy (non-hydrogen) atoms. The van der Waals surface area contributed by atoms with Gasteiger partial charge in [0.05, 0.1) is 29.4 Å². The number of hydrogen-bond donors (Lipinski definition) is 3. The average Bonchev–Trinajstić information content (AvgIpc) is 3.73. The molecule has 2 aliphatic rings. The highest BCUT2D eigenvalue weighted by Crippen LogP contribution is 2.36. The van der Waals surface area contributed by atoms with E-state index in [1.807, 2.05) is 36.9 Å². The van der Waals surface area contributed by atoms with Crippen molar-refractivity contribution in [1.29, 1.82) is 0 Å². The summed E-state index contributed by atoms with van der Waals surface area (Å²) in [6, 6.07) is 14.7. The Labute approximate surface area is 287 Å². The highest BCUT2D eigenvalue weighted by molar-refractivity contribution is 5.82. The predicted octanol–water partition coefficient (Wildman–Crippen LogP) is 6.31. The Bertz CT molecular complexity index is 2130. The second-order valence-corrected chi connectivity index (χ2v) is 13.1. The van der Waals surface area contributed by atoms with Crippen molar-refractivity contribution in [2.24, 2.45) is 0 Å². The van der Waals surface area contributed by atoms with Gasteiger partial charge in [-0.2, -0.15) is 18.2 Å². The minimum atomic E-state index is -4.61. The first kappa shape index (κ1) is 33.3. The van der Waals surface area contributed by atoms with Gasteiger partial charge in [-0.05, 0) is 79.8 Å². The van der Waals surface area contributed by atoms with Crippen LogP contribution in [-0.2, 0) is 17.5 Å². The molecule has 0 bridgehead atoms. The van der Waals surface area contributed by atoms with E-state index in [-0.39, 0.29) is 41.2 Å². The molecule has 1 amide bonds. The number of aromatic nitrogens is 4. The maximum Gasteiger partial charge on any atom is 0.416 e. The van der Waals surface area contributed by atoms with Crippen molar-refractivity contribution in [2.75, 3.05) is 42.9 Å². The lowest BCUT2D eigenvalue weighted by molar-refractivity contribution is -0.138. The number of carbonyl (C=O) groups excluding carboxylic acids is 1. The molecule has 0 saturated carbocycles. The highest BCUT2D eigenvalue weighted by Gasteiger charge is 2.34. The van der Waals surface area contributed by atoms with Crippen LogP contribution < -0.4 is 21.1 Å². The van der Waals surface area contributed by atoms with E-state index in [9.17, 15) is 22.8 Å². The normalized spacial score (nSPS) is 16.7. The van der Waals surface area contributed by atoms with E-state index in [2.05, 4.69) is 31.6 Å². The van der Waals surface area contributed by atoms with Crippen LogP contribution in [-0.4, -0.2) is 63.0 Å². The minimum absolute atomic E-state index is 0.0232. The van der Waals surface area contributed by atoms with Gasteiger partial charge in [-0.15, -0.1) is 0 Å². The van der Waals surface area contributed by atoms with Crippen LogP contribution >= 0.6 is 0 Å². The second-order valence-electron chi connectivity index (χ2n) is 13.1. The smallest absolute Gasteiger partial charge is 0.369 e. The zero-order valence-corrected chi connectivity index (χ0v) is 28.2. The van der Waals surface area contributed by atoms with E-state index in [0.717, 1.165) is 73.3 Å². The molecule has 3 aromatic heterocycles. The number of anilines is 3. The fourth-order valence-corrected chi connectivity index (χ4v) is 7.28. The molecule has 2 aliphatic heterocycles. The number of benzene rings is 2. The molecule has 1 unspecified atom stereocenters. The van der Waals surface area contributed by atoms with Gasteiger partial charge in [-0.25, -0.2) is 4.98 Å². The Balaban J connectivity index is 1.31. The van der Waals surface area contributed by atoms with Gasteiger partial charge in [0.1, 0.15) is 5.65 Å². The SMILES string of the molecule is CC(=O)N1CCCC1c1cc(C)c(-c2cc3cnc(Nc4ccc(N5CCNCC5)c(C)c4)nc3n(Cc3ccccc3C(F)(F)F)c2=O)[nH]1. The van der Waals surface area contributed by atoms with Gasteiger partial charge in [-0.3, -0.25) is 14.2 Å². The Morgan fingerprint density at radius 3 is 2.54 bits per heavy atom. The number of fused-ring (bicyclic) bond motifs is 1. The third-order valence-electron chi connectivity index (χ3n) is 9.71. The molecule has 2 aromatic carbocycles. The number of H-pyrrole nitrogens is 1. The van der Waals surface area contributed by atoms with Crippen LogP contribution in [0.1, 0.15) is 53.8 Å². The number of nitrogens with zero attached hydrogens (tertiary/aromatic N) is 5. The third kappa shape index (κ3) is 6.45. The number of aryl methyl sites for hydroxylation is 2. The van der Waals surface area contributed by atoms with Crippen molar-refractivity contribution >= 4 is 34.3 Å². The van der Waals surface area contributed by atoms with Crippen molar-refractivity contribution < 1.29 is 18.0 Å². The number of nitrogens with one attached hydrogen (secondary N) is 3. The van der Waals surface area contributed by atoms with E-state index in [4.69, 9.17) is 4.98 Å². The summed E-state index contributed by atoms with van der Waals surface area (Å²) in [5.74, 6) is 0.186. The Morgan fingerprint density at radius 1 is 1.02 bits per heavy atom. The molecule has 2 fully saturated rings. The zero-order chi connectivity index (χ0) is 35.2. The van der Waals surface area contributed by atoms with Gasteiger partial charge in [0.15, 0.2) is 0 Å². The molecule has 2 saturated heterocycles. The lowest BCUT2D eigenvalue weighted by Crippen LogP contribution is -2.43. The van der Waals surface area contributed by atoms with Crippen molar-refractivity contribution in [3.8, 4) is 11.3 Å². The number of aromatic amines is 1. The van der Waals surface area contributed by atoms with Crippen LogP contribution in [0.25, 0.3) is 22.3 Å². The van der Waals surface area contributed by atoms with E-state index in [1.54, 1.807) is 19.2 Å². The lowest BCUT2D eigenvalue weighted by Gasteiger charge is -2.30. The number of amides is 1. The van der Waals surface area contributed by atoms with E-state index in [0.29, 0.717) is 17.6 Å². The summed E-state index contributed by atoms with van der Waals surface area (Å²) >= 11 is 0. The molecular weight excluding hydrogens is 645 g/mol. The summed E-state index contributed by atoms with van der Waals surface area (Å²) in [6.45, 7) is 9.42. The Kier molecular flexibility index (Phi) is 8.85. The predicted molar refractivity (Wildman–Crippen MR) is 188 cm³/mol. The number of hydrogen-bond acceptors (Lipinski definition) is 7. The van der Waals surface area contributed by atoms with Crippen LogP contribution in [0.5, 0.6) is 0 Å². The van der Waals surface area contributed by atoms with Crippen LogP contribution in [0.2, 0.25) is 0 Å². The van der Waals surface area contributed by atoms with Crippen LogP contribution in [0, 0.1) is 13.8 Å². The van der Waals surface area contributed by atoms with Gasteiger partial charge in [-0.1, -0.05) is 18.2 Å². The molecule has 13 heteroatoms. The first-order valence-electron chi connectivity index (χ1n) is 16.8.